The Labute approximate surface area is 169 Å². The number of fused-ring (bicyclic) bond motifs is 1. The Hall–Kier alpha value is -2.94. The van der Waals surface area contributed by atoms with Crippen LogP contribution in [0.4, 0.5) is 0 Å². The van der Waals surface area contributed by atoms with E-state index >= 15 is 0 Å². The predicted octanol–water partition coefficient (Wildman–Crippen LogP) is 1.98. The van der Waals surface area contributed by atoms with Crippen molar-refractivity contribution < 1.29 is 22.7 Å². The van der Waals surface area contributed by atoms with Crippen LogP contribution in [0, 0.1) is 13.8 Å². The van der Waals surface area contributed by atoms with Crippen molar-refractivity contribution in [2.45, 2.75) is 45.2 Å². The van der Waals surface area contributed by atoms with E-state index in [0.717, 1.165) is 17.9 Å². The highest BCUT2D eigenvalue weighted by Gasteiger charge is 2.31. The van der Waals surface area contributed by atoms with Gasteiger partial charge in [0.15, 0.2) is 6.61 Å². The van der Waals surface area contributed by atoms with Crippen LogP contribution in [0.2, 0.25) is 0 Å². The summed E-state index contributed by atoms with van der Waals surface area (Å²) in [6.07, 6.45) is 0. The highest BCUT2D eigenvalue weighted by molar-refractivity contribution is 7.90. The number of nitrogens with one attached hydrogen (secondary N) is 1. The zero-order valence-corrected chi connectivity index (χ0v) is 17.5. The summed E-state index contributed by atoms with van der Waals surface area (Å²) in [5.74, 6) is -0.917. The maximum absolute atomic E-state index is 12.4. The van der Waals surface area contributed by atoms with Crippen molar-refractivity contribution in [2.75, 3.05) is 6.61 Å². The molecule has 0 amide bonds. The topological polar surface area (TPSA) is 107 Å². The van der Waals surface area contributed by atoms with E-state index in [1.807, 2.05) is 25.3 Å². The molecule has 9 heteroatoms. The van der Waals surface area contributed by atoms with Crippen LogP contribution < -0.4 is 4.72 Å². The Bertz CT molecular complexity index is 1120. The molecular weight excluding hydrogens is 394 g/mol. The third-order valence-electron chi connectivity index (χ3n) is 4.86. The molecule has 1 aromatic carbocycles. The Morgan fingerprint density at radius 2 is 1.93 bits per heavy atom. The van der Waals surface area contributed by atoms with Crippen molar-refractivity contribution in [3.8, 4) is 0 Å². The van der Waals surface area contributed by atoms with Crippen molar-refractivity contribution in [3.63, 3.8) is 0 Å². The van der Waals surface area contributed by atoms with Crippen molar-refractivity contribution in [3.05, 3.63) is 52.8 Å². The average Bonchev–Trinajstić information content (AvgIpc) is 3.12. The number of ketones is 1. The molecule has 0 saturated carbocycles. The normalized spacial score (nSPS) is 16.9. The van der Waals surface area contributed by atoms with Crippen LogP contribution in [0.3, 0.4) is 0 Å². The van der Waals surface area contributed by atoms with Gasteiger partial charge in [0.25, 0.3) is 10.0 Å². The molecule has 29 heavy (non-hydrogen) atoms. The van der Waals surface area contributed by atoms with Gasteiger partial charge in [-0.3, -0.25) is 14.5 Å². The fourth-order valence-corrected chi connectivity index (χ4v) is 4.62. The van der Waals surface area contributed by atoms with E-state index in [2.05, 4.69) is 9.71 Å². The Morgan fingerprint density at radius 1 is 1.24 bits per heavy atom. The number of aromatic nitrogens is 1. The number of ether oxygens (including phenoxy) is 1. The van der Waals surface area contributed by atoms with Crippen LogP contribution in [0.1, 0.15) is 41.2 Å². The van der Waals surface area contributed by atoms with Gasteiger partial charge in [0, 0.05) is 29.1 Å². The molecule has 0 saturated heterocycles. The average molecular weight is 417 g/mol. The number of amidine groups is 1. The molecule has 1 aliphatic heterocycles. The van der Waals surface area contributed by atoms with Crippen LogP contribution >= 0.6 is 0 Å². The van der Waals surface area contributed by atoms with Gasteiger partial charge in [-0.15, -0.1) is 0 Å². The number of hydrogen-bond acceptors (Lipinski definition) is 6. The van der Waals surface area contributed by atoms with E-state index in [1.165, 1.54) is 13.0 Å². The number of carbonyl (C=O) groups excluding carboxylic acids is 2. The van der Waals surface area contributed by atoms with E-state index < -0.39 is 28.6 Å². The fraction of sp³-hybridized carbons (Fsp3) is 0.350. The van der Waals surface area contributed by atoms with Crippen molar-refractivity contribution in [2.24, 2.45) is 4.99 Å². The second-order valence-corrected chi connectivity index (χ2v) is 8.47. The third-order valence-corrected chi connectivity index (χ3v) is 6.26. The highest BCUT2D eigenvalue weighted by atomic mass is 32.2. The Balaban J connectivity index is 1.69. The van der Waals surface area contributed by atoms with Gasteiger partial charge >= 0.3 is 5.97 Å². The molecule has 0 aliphatic carbocycles. The summed E-state index contributed by atoms with van der Waals surface area (Å²) in [7, 11) is -3.69. The number of aliphatic imine (C=N–C) groups is 1. The van der Waals surface area contributed by atoms with Crippen LogP contribution in [0.5, 0.6) is 0 Å². The van der Waals surface area contributed by atoms with E-state index in [-0.39, 0.29) is 16.5 Å². The first-order valence-electron chi connectivity index (χ1n) is 9.22. The second kappa shape index (κ2) is 7.82. The molecule has 1 N–H and O–H groups in total. The molecule has 3 rings (SSSR count). The molecule has 1 aliphatic rings. The summed E-state index contributed by atoms with van der Waals surface area (Å²) < 4.78 is 33.7. The van der Waals surface area contributed by atoms with Crippen molar-refractivity contribution in [1.29, 1.82) is 0 Å². The zero-order valence-electron chi connectivity index (χ0n) is 16.7. The lowest BCUT2D eigenvalue weighted by Crippen LogP contribution is -2.27. The first kappa shape index (κ1) is 20.8. The number of carbonyl (C=O) groups is 2. The lowest BCUT2D eigenvalue weighted by molar-refractivity contribution is -0.143. The minimum absolute atomic E-state index is 0.0860. The molecule has 1 atom stereocenters. The molecule has 154 valence electrons. The van der Waals surface area contributed by atoms with Crippen molar-refractivity contribution >= 4 is 27.6 Å². The number of benzene rings is 1. The molecule has 2 heterocycles. The van der Waals surface area contributed by atoms with Gasteiger partial charge in [0.2, 0.25) is 5.78 Å². The van der Waals surface area contributed by atoms with Gasteiger partial charge in [-0.2, -0.15) is 0 Å². The van der Waals surface area contributed by atoms with Crippen LogP contribution in [-0.2, 0) is 26.1 Å². The lowest BCUT2D eigenvalue weighted by atomic mass is 10.1. The number of sulfonamides is 1. The smallest absolute Gasteiger partial charge is 0.331 e. The molecule has 0 radical (unpaired) electrons. The predicted molar refractivity (Wildman–Crippen MR) is 108 cm³/mol. The monoisotopic (exact) mass is 417 g/mol. The molecular formula is C20H23N3O5S. The van der Waals surface area contributed by atoms with Crippen LogP contribution in [-0.4, -0.2) is 43.2 Å². The molecule has 0 spiro atoms. The summed E-state index contributed by atoms with van der Waals surface area (Å²) in [6.45, 7) is 7.59. The highest BCUT2D eigenvalue weighted by Crippen LogP contribution is 2.22. The van der Waals surface area contributed by atoms with Gasteiger partial charge in [0.05, 0.1) is 4.90 Å². The van der Waals surface area contributed by atoms with Gasteiger partial charge in [-0.25, -0.2) is 13.2 Å². The standard InChI is InChI=1S/C20H23N3O5S/c1-5-23-12(2)10-16(14(23)4)17(24)11-28-20(25)13(3)21-19-15-8-6-7-9-18(15)29(26,27)22-19/h6-10,13H,5,11H2,1-4H3,(H,21,22)/t13-/m0/s1. The lowest BCUT2D eigenvalue weighted by Gasteiger charge is -2.09. The summed E-state index contributed by atoms with van der Waals surface area (Å²) in [5.41, 5.74) is 2.71. The van der Waals surface area contributed by atoms with Crippen LogP contribution in [0.25, 0.3) is 0 Å². The maximum Gasteiger partial charge on any atom is 0.331 e. The summed E-state index contributed by atoms with van der Waals surface area (Å²) in [6, 6.07) is 7.18. The number of Topliss-reactive ketones (excluding diaryl/α,β-unsaturated/α-hetero) is 1. The Morgan fingerprint density at radius 3 is 2.59 bits per heavy atom. The first-order chi connectivity index (χ1) is 13.7. The van der Waals surface area contributed by atoms with E-state index in [1.54, 1.807) is 24.3 Å². The summed E-state index contributed by atoms with van der Waals surface area (Å²) in [4.78, 5) is 29.0. The molecule has 2 aromatic rings. The summed E-state index contributed by atoms with van der Waals surface area (Å²) in [5, 5.41) is 0. The largest absolute Gasteiger partial charge is 0.456 e. The maximum atomic E-state index is 12.4. The second-order valence-electron chi connectivity index (χ2n) is 6.82. The van der Waals surface area contributed by atoms with E-state index in [0.29, 0.717) is 11.1 Å². The number of esters is 1. The zero-order chi connectivity index (χ0) is 21.3. The number of aryl methyl sites for hydroxylation is 1. The van der Waals surface area contributed by atoms with Crippen molar-refractivity contribution in [1.82, 2.24) is 9.29 Å². The van der Waals surface area contributed by atoms with Gasteiger partial charge in [-0.1, -0.05) is 12.1 Å². The fourth-order valence-electron chi connectivity index (χ4n) is 3.38. The van der Waals surface area contributed by atoms with Crippen LogP contribution in [0.15, 0.2) is 40.2 Å². The number of rotatable bonds is 6. The van der Waals surface area contributed by atoms with E-state index in [4.69, 9.17) is 4.74 Å². The minimum atomic E-state index is -3.69. The SMILES string of the molecule is CCn1c(C)cc(C(=O)COC(=O)[C@H](C)N=C2NS(=O)(=O)c3ccccc32)c1C. The van der Waals surface area contributed by atoms with Gasteiger partial charge in [0.1, 0.15) is 11.9 Å². The molecule has 0 unspecified atom stereocenters. The summed E-state index contributed by atoms with van der Waals surface area (Å²) >= 11 is 0. The quantitative estimate of drug-likeness (QED) is 0.571. The van der Waals surface area contributed by atoms with E-state index in [9.17, 15) is 18.0 Å². The van der Waals surface area contributed by atoms with Gasteiger partial charge < -0.3 is 9.30 Å². The first-order valence-corrected chi connectivity index (χ1v) is 10.7. The Kier molecular flexibility index (Phi) is 5.61. The molecule has 8 nitrogen and oxygen atoms in total. The van der Waals surface area contributed by atoms with Gasteiger partial charge in [-0.05, 0) is 45.9 Å². The number of hydrogen-bond donors (Lipinski definition) is 1. The molecule has 0 fully saturated rings. The third kappa shape index (κ3) is 3.95. The molecule has 1 aromatic heterocycles. The molecule has 0 bridgehead atoms. The number of nitrogens with zero attached hydrogens (tertiary/aromatic N) is 2. The minimum Gasteiger partial charge on any atom is -0.456 e.